The van der Waals surface area contributed by atoms with Gasteiger partial charge in [-0.15, -0.1) is 0 Å². The minimum Gasteiger partial charge on any atom is -0.383 e. The molecule has 0 unspecified atom stereocenters. The van der Waals surface area contributed by atoms with E-state index in [2.05, 4.69) is 16.1 Å². The van der Waals surface area contributed by atoms with Crippen molar-refractivity contribution in [3.05, 3.63) is 92.9 Å². The van der Waals surface area contributed by atoms with Crippen molar-refractivity contribution in [2.24, 2.45) is 0 Å². The number of hydrogen-bond acceptors (Lipinski definition) is 4. The predicted molar refractivity (Wildman–Crippen MR) is 123 cm³/mol. The first-order valence-electron chi connectivity index (χ1n) is 10.2. The van der Waals surface area contributed by atoms with E-state index >= 15 is 0 Å². The van der Waals surface area contributed by atoms with Gasteiger partial charge in [0.2, 0.25) is 0 Å². The summed E-state index contributed by atoms with van der Waals surface area (Å²) in [5.41, 5.74) is 5.40. The van der Waals surface area contributed by atoms with Crippen LogP contribution in [-0.2, 0) is 17.8 Å². The normalized spacial score (nSPS) is 11.5. The van der Waals surface area contributed by atoms with Crippen LogP contribution in [0, 0.1) is 6.92 Å². The van der Waals surface area contributed by atoms with Gasteiger partial charge in [0.15, 0.2) is 5.65 Å². The van der Waals surface area contributed by atoms with Crippen LogP contribution in [0.15, 0.2) is 65.5 Å². The monoisotopic (exact) mass is 436 g/mol. The van der Waals surface area contributed by atoms with Crippen molar-refractivity contribution in [1.82, 2.24) is 19.5 Å². The maximum Gasteiger partial charge on any atom is 0.272 e. The number of fused-ring (bicyclic) bond motifs is 1. The number of ether oxygens (including phenoxy) is 1. The Morgan fingerprint density at radius 2 is 1.90 bits per heavy atom. The molecule has 2 heterocycles. The van der Waals surface area contributed by atoms with Crippen LogP contribution in [-0.4, -0.2) is 39.8 Å². The SMILES string of the molecule is COCCN(Cc1ccc(Cl)cc1)Cc1cc(=O)n2[nH]c(-c3cccc(C)c3)cc2n1. The maximum absolute atomic E-state index is 12.7. The zero-order valence-electron chi connectivity index (χ0n) is 17.6. The summed E-state index contributed by atoms with van der Waals surface area (Å²) in [4.78, 5) is 19.7. The van der Waals surface area contributed by atoms with Crippen LogP contribution in [0.25, 0.3) is 16.9 Å². The molecule has 1 N–H and O–H groups in total. The molecule has 160 valence electrons. The van der Waals surface area contributed by atoms with Gasteiger partial charge in [-0.05, 0) is 36.2 Å². The number of aromatic nitrogens is 3. The summed E-state index contributed by atoms with van der Waals surface area (Å²) in [5.74, 6) is 0. The van der Waals surface area contributed by atoms with Crippen LogP contribution in [0.3, 0.4) is 0 Å². The molecule has 2 aromatic heterocycles. The lowest BCUT2D eigenvalue weighted by Gasteiger charge is -2.21. The number of benzene rings is 2. The van der Waals surface area contributed by atoms with Gasteiger partial charge in [0, 0.05) is 43.9 Å². The van der Waals surface area contributed by atoms with Crippen LogP contribution >= 0.6 is 11.6 Å². The molecule has 6 nitrogen and oxygen atoms in total. The summed E-state index contributed by atoms with van der Waals surface area (Å²) in [6.45, 7) is 4.62. The van der Waals surface area contributed by atoms with Gasteiger partial charge in [-0.2, -0.15) is 0 Å². The standard InChI is InChI=1S/C24H25ClN4O2/c1-17-4-3-5-19(12-17)22-14-23-26-21(13-24(30)29(23)27-22)16-28(10-11-31-2)15-18-6-8-20(25)9-7-18/h3-9,12-14,27H,10-11,15-16H2,1-2H3. The Labute approximate surface area is 186 Å². The number of aromatic amines is 1. The molecule has 0 aliphatic carbocycles. The van der Waals surface area contributed by atoms with Crippen LogP contribution in [0.4, 0.5) is 0 Å². The molecule has 0 radical (unpaired) electrons. The molecule has 0 saturated heterocycles. The van der Waals surface area contributed by atoms with E-state index in [-0.39, 0.29) is 5.56 Å². The highest BCUT2D eigenvalue weighted by molar-refractivity contribution is 6.30. The molecule has 0 aliphatic rings. The van der Waals surface area contributed by atoms with E-state index < -0.39 is 0 Å². The highest BCUT2D eigenvalue weighted by atomic mass is 35.5. The van der Waals surface area contributed by atoms with Crippen molar-refractivity contribution >= 4 is 17.2 Å². The summed E-state index contributed by atoms with van der Waals surface area (Å²) in [6.07, 6.45) is 0. The average molecular weight is 437 g/mol. The van der Waals surface area contributed by atoms with Gasteiger partial charge in [-0.25, -0.2) is 9.50 Å². The Balaban J connectivity index is 1.60. The Kier molecular flexibility index (Phi) is 6.51. The van der Waals surface area contributed by atoms with Gasteiger partial charge in [-0.1, -0.05) is 47.5 Å². The van der Waals surface area contributed by atoms with E-state index in [1.165, 1.54) is 4.52 Å². The molecule has 0 fully saturated rings. The summed E-state index contributed by atoms with van der Waals surface area (Å²) >= 11 is 6.01. The number of rotatable bonds is 8. The van der Waals surface area contributed by atoms with E-state index in [1.807, 2.05) is 55.5 Å². The second-order valence-electron chi connectivity index (χ2n) is 7.65. The zero-order valence-corrected chi connectivity index (χ0v) is 18.4. The van der Waals surface area contributed by atoms with Crippen molar-refractivity contribution in [2.75, 3.05) is 20.3 Å². The molecule has 4 rings (SSSR count). The number of halogens is 1. The minimum atomic E-state index is -0.128. The Morgan fingerprint density at radius 3 is 2.65 bits per heavy atom. The van der Waals surface area contributed by atoms with Crippen molar-refractivity contribution in [2.45, 2.75) is 20.0 Å². The first kappa shape index (κ1) is 21.3. The lowest BCUT2D eigenvalue weighted by molar-refractivity contribution is 0.139. The van der Waals surface area contributed by atoms with E-state index in [0.717, 1.165) is 34.6 Å². The fourth-order valence-electron chi connectivity index (χ4n) is 3.59. The van der Waals surface area contributed by atoms with Crippen LogP contribution < -0.4 is 5.56 Å². The lowest BCUT2D eigenvalue weighted by atomic mass is 10.1. The minimum absolute atomic E-state index is 0.128. The number of aryl methyl sites for hydroxylation is 1. The second-order valence-corrected chi connectivity index (χ2v) is 8.08. The molecule has 31 heavy (non-hydrogen) atoms. The quantitative estimate of drug-likeness (QED) is 0.447. The summed E-state index contributed by atoms with van der Waals surface area (Å²) in [7, 11) is 1.68. The molecular formula is C24H25ClN4O2. The first-order valence-corrected chi connectivity index (χ1v) is 10.5. The smallest absolute Gasteiger partial charge is 0.272 e. The van der Waals surface area contributed by atoms with Crippen molar-refractivity contribution in [3.63, 3.8) is 0 Å². The number of methoxy groups -OCH3 is 1. The number of nitrogens with zero attached hydrogens (tertiary/aromatic N) is 3. The molecule has 0 amide bonds. The van der Waals surface area contributed by atoms with Gasteiger partial charge in [-0.3, -0.25) is 14.8 Å². The molecule has 0 bridgehead atoms. The zero-order chi connectivity index (χ0) is 21.8. The summed E-state index contributed by atoms with van der Waals surface area (Å²) in [6, 6.07) is 19.4. The third-order valence-corrected chi connectivity index (χ3v) is 5.40. The maximum atomic E-state index is 12.7. The molecule has 7 heteroatoms. The van der Waals surface area contributed by atoms with Gasteiger partial charge in [0.25, 0.3) is 5.56 Å². The number of hydrogen-bond donors (Lipinski definition) is 1. The van der Waals surface area contributed by atoms with E-state index in [9.17, 15) is 4.79 Å². The van der Waals surface area contributed by atoms with Gasteiger partial charge < -0.3 is 4.74 Å². The molecule has 2 aromatic carbocycles. The fourth-order valence-corrected chi connectivity index (χ4v) is 3.72. The lowest BCUT2D eigenvalue weighted by Crippen LogP contribution is -2.28. The fraction of sp³-hybridized carbons (Fsp3) is 0.250. The van der Waals surface area contributed by atoms with Crippen LogP contribution in [0.5, 0.6) is 0 Å². The van der Waals surface area contributed by atoms with Gasteiger partial charge >= 0.3 is 0 Å². The Bertz CT molecular complexity index is 1230. The second kappa shape index (κ2) is 9.47. The Morgan fingerprint density at radius 1 is 1.10 bits per heavy atom. The topological polar surface area (TPSA) is 62.6 Å². The third-order valence-electron chi connectivity index (χ3n) is 5.15. The average Bonchev–Trinajstić information content (AvgIpc) is 3.18. The molecule has 0 atom stereocenters. The van der Waals surface area contributed by atoms with Gasteiger partial charge in [0.05, 0.1) is 18.0 Å². The molecule has 0 aliphatic heterocycles. The van der Waals surface area contributed by atoms with Crippen LogP contribution in [0.1, 0.15) is 16.8 Å². The highest BCUT2D eigenvalue weighted by Crippen LogP contribution is 2.20. The van der Waals surface area contributed by atoms with Gasteiger partial charge in [0.1, 0.15) is 0 Å². The highest BCUT2D eigenvalue weighted by Gasteiger charge is 2.12. The van der Waals surface area contributed by atoms with Crippen LogP contribution in [0.2, 0.25) is 5.02 Å². The summed E-state index contributed by atoms with van der Waals surface area (Å²) in [5, 5.41) is 3.88. The molecular weight excluding hydrogens is 412 g/mol. The van der Waals surface area contributed by atoms with Crippen molar-refractivity contribution in [1.29, 1.82) is 0 Å². The van der Waals surface area contributed by atoms with Crippen molar-refractivity contribution in [3.8, 4) is 11.3 Å². The molecule has 0 spiro atoms. The molecule has 0 saturated carbocycles. The predicted octanol–water partition coefficient (Wildman–Crippen LogP) is 4.30. The number of H-pyrrole nitrogens is 1. The largest absolute Gasteiger partial charge is 0.383 e. The van der Waals surface area contributed by atoms with E-state index in [0.29, 0.717) is 30.4 Å². The van der Waals surface area contributed by atoms with E-state index in [4.69, 9.17) is 21.3 Å². The molecule has 4 aromatic rings. The third kappa shape index (κ3) is 5.22. The first-order chi connectivity index (χ1) is 15.0. The number of nitrogens with one attached hydrogen (secondary N) is 1. The van der Waals surface area contributed by atoms with E-state index in [1.54, 1.807) is 13.2 Å². The van der Waals surface area contributed by atoms with Crippen molar-refractivity contribution < 1.29 is 4.74 Å². The summed E-state index contributed by atoms with van der Waals surface area (Å²) < 4.78 is 6.75. The Hall–Kier alpha value is -2.93.